The van der Waals surface area contributed by atoms with Crippen LogP contribution in [-0.2, 0) is 0 Å². The van der Waals surface area contributed by atoms with E-state index < -0.39 is 0 Å². The molecule has 2 nitrogen and oxygen atoms in total. The fourth-order valence-corrected chi connectivity index (χ4v) is 4.92. The first kappa shape index (κ1) is 14.8. The molecule has 3 fully saturated rings. The van der Waals surface area contributed by atoms with Crippen molar-refractivity contribution in [2.24, 2.45) is 17.8 Å². The first-order valence-electron chi connectivity index (χ1n) is 9.21. The van der Waals surface area contributed by atoms with E-state index >= 15 is 0 Å². The maximum atomic E-state index is 3.95. The number of hydrogen-bond donors (Lipinski definition) is 1. The van der Waals surface area contributed by atoms with Crippen LogP contribution in [0, 0.1) is 17.8 Å². The molecule has 20 heavy (non-hydrogen) atoms. The predicted molar refractivity (Wildman–Crippen MR) is 85.9 cm³/mol. The standard InChI is InChI=1S/C18H34N2/c1-14(2)15-7-5-10-20(11-9-15)13-17-12-16-6-3-4-8-18(16)19-17/h14-19H,3-13H2,1-2H3. The van der Waals surface area contributed by atoms with Crippen molar-refractivity contribution in [1.29, 1.82) is 0 Å². The summed E-state index contributed by atoms with van der Waals surface area (Å²) in [4.78, 5) is 2.76. The van der Waals surface area contributed by atoms with Crippen molar-refractivity contribution in [3.05, 3.63) is 0 Å². The lowest BCUT2D eigenvalue weighted by Gasteiger charge is -2.25. The Morgan fingerprint density at radius 2 is 1.85 bits per heavy atom. The average Bonchev–Trinajstić information content (AvgIpc) is 2.68. The molecule has 1 aliphatic carbocycles. The van der Waals surface area contributed by atoms with E-state index in [4.69, 9.17) is 0 Å². The van der Waals surface area contributed by atoms with Gasteiger partial charge in [0.25, 0.3) is 0 Å². The highest BCUT2D eigenvalue weighted by atomic mass is 15.2. The van der Waals surface area contributed by atoms with Crippen LogP contribution in [0.25, 0.3) is 0 Å². The van der Waals surface area contributed by atoms with E-state index in [1.54, 1.807) is 0 Å². The minimum atomic E-state index is 0.790. The van der Waals surface area contributed by atoms with Gasteiger partial charge in [-0.05, 0) is 69.4 Å². The van der Waals surface area contributed by atoms with Gasteiger partial charge in [-0.3, -0.25) is 0 Å². The molecule has 2 saturated heterocycles. The molecule has 0 aromatic rings. The van der Waals surface area contributed by atoms with Gasteiger partial charge in [-0.2, -0.15) is 0 Å². The largest absolute Gasteiger partial charge is 0.310 e. The Labute approximate surface area is 125 Å². The topological polar surface area (TPSA) is 15.3 Å². The first-order valence-corrected chi connectivity index (χ1v) is 9.21. The maximum Gasteiger partial charge on any atom is 0.0200 e. The second kappa shape index (κ2) is 6.79. The van der Waals surface area contributed by atoms with Crippen molar-refractivity contribution in [2.45, 2.75) is 77.3 Å². The quantitative estimate of drug-likeness (QED) is 0.847. The molecule has 0 radical (unpaired) electrons. The van der Waals surface area contributed by atoms with Gasteiger partial charge in [-0.25, -0.2) is 0 Å². The fourth-order valence-electron chi connectivity index (χ4n) is 4.92. The van der Waals surface area contributed by atoms with Gasteiger partial charge >= 0.3 is 0 Å². The first-order chi connectivity index (χ1) is 9.72. The van der Waals surface area contributed by atoms with Crippen LogP contribution in [0.2, 0.25) is 0 Å². The molecule has 0 aromatic carbocycles. The Morgan fingerprint density at radius 1 is 1.00 bits per heavy atom. The lowest BCUT2D eigenvalue weighted by molar-refractivity contribution is 0.247. The molecule has 0 spiro atoms. The number of nitrogens with zero attached hydrogens (tertiary/aromatic N) is 1. The summed E-state index contributed by atoms with van der Waals surface area (Å²) in [5, 5.41) is 3.95. The molecule has 0 bridgehead atoms. The molecule has 116 valence electrons. The van der Waals surface area contributed by atoms with Crippen LogP contribution >= 0.6 is 0 Å². The van der Waals surface area contributed by atoms with E-state index in [1.165, 1.54) is 71.0 Å². The molecule has 1 N–H and O–H groups in total. The zero-order chi connectivity index (χ0) is 13.9. The Hall–Kier alpha value is -0.0800. The number of fused-ring (bicyclic) bond motifs is 1. The Kier molecular flexibility index (Phi) is 5.04. The highest BCUT2D eigenvalue weighted by Crippen LogP contribution is 2.33. The molecule has 2 heterocycles. The van der Waals surface area contributed by atoms with Crippen LogP contribution in [-0.4, -0.2) is 36.6 Å². The van der Waals surface area contributed by atoms with Crippen LogP contribution < -0.4 is 5.32 Å². The van der Waals surface area contributed by atoms with E-state index in [1.807, 2.05) is 0 Å². The van der Waals surface area contributed by atoms with Crippen molar-refractivity contribution in [3.63, 3.8) is 0 Å². The minimum absolute atomic E-state index is 0.790. The molecule has 2 heteroatoms. The summed E-state index contributed by atoms with van der Waals surface area (Å²) in [6, 6.07) is 1.66. The molecule has 0 amide bonds. The third kappa shape index (κ3) is 3.57. The Bertz CT molecular complexity index is 288. The van der Waals surface area contributed by atoms with Crippen molar-refractivity contribution in [3.8, 4) is 0 Å². The number of hydrogen-bond acceptors (Lipinski definition) is 2. The summed E-state index contributed by atoms with van der Waals surface area (Å²) in [5.74, 6) is 2.85. The summed E-state index contributed by atoms with van der Waals surface area (Å²) in [6.45, 7) is 8.82. The average molecular weight is 278 g/mol. The van der Waals surface area contributed by atoms with E-state index in [9.17, 15) is 0 Å². The molecular weight excluding hydrogens is 244 g/mol. The molecule has 4 unspecified atom stereocenters. The van der Waals surface area contributed by atoms with Gasteiger partial charge in [0.05, 0.1) is 0 Å². The molecule has 2 aliphatic heterocycles. The molecular formula is C18H34N2. The molecule has 4 atom stereocenters. The third-order valence-corrected chi connectivity index (χ3v) is 6.23. The van der Waals surface area contributed by atoms with Gasteiger partial charge in [0.1, 0.15) is 0 Å². The minimum Gasteiger partial charge on any atom is -0.310 e. The van der Waals surface area contributed by atoms with Crippen molar-refractivity contribution >= 4 is 0 Å². The smallest absolute Gasteiger partial charge is 0.0200 e. The van der Waals surface area contributed by atoms with E-state index in [0.717, 1.165) is 29.8 Å². The number of likely N-dealkylation sites (tertiary alicyclic amines) is 1. The zero-order valence-corrected chi connectivity index (χ0v) is 13.6. The molecule has 3 aliphatic rings. The highest BCUT2D eigenvalue weighted by Gasteiger charge is 2.35. The Morgan fingerprint density at radius 3 is 2.65 bits per heavy atom. The van der Waals surface area contributed by atoms with E-state index in [0.29, 0.717) is 0 Å². The van der Waals surface area contributed by atoms with Crippen LogP contribution in [0.15, 0.2) is 0 Å². The summed E-state index contributed by atoms with van der Waals surface area (Å²) in [7, 11) is 0. The zero-order valence-electron chi connectivity index (χ0n) is 13.6. The van der Waals surface area contributed by atoms with Gasteiger partial charge in [0, 0.05) is 18.6 Å². The van der Waals surface area contributed by atoms with Crippen molar-refractivity contribution < 1.29 is 0 Å². The highest BCUT2D eigenvalue weighted by molar-refractivity contribution is 4.94. The predicted octanol–water partition coefficient (Wildman–Crippen LogP) is 3.67. The van der Waals surface area contributed by atoms with Gasteiger partial charge in [-0.15, -0.1) is 0 Å². The summed E-state index contributed by atoms with van der Waals surface area (Å²) in [5.41, 5.74) is 0. The SMILES string of the molecule is CC(C)C1CCCN(CC2CC3CCCCC3N2)CC1. The van der Waals surface area contributed by atoms with Gasteiger partial charge < -0.3 is 10.2 Å². The second-order valence-corrected chi connectivity index (χ2v) is 7.99. The third-order valence-electron chi connectivity index (χ3n) is 6.23. The maximum absolute atomic E-state index is 3.95. The summed E-state index contributed by atoms with van der Waals surface area (Å²) < 4.78 is 0. The van der Waals surface area contributed by atoms with E-state index in [-0.39, 0.29) is 0 Å². The van der Waals surface area contributed by atoms with Crippen molar-refractivity contribution in [1.82, 2.24) is 10.2 Å². The van der Waals surface area contributed by atoms with Crippen LogP contribution in [0.1, 0.15) is 65.2 Å². The fraction of sp³-hybridized carbons (Fsp3) is 1.00. The lowest BCUT2D eigenvalue weighted by Crippen LogP contribution is -2.41. The normalized spacial score (nSPS) is 39.8. The van der Waals surface area contributed by atoms with Gasteiger partial charge in [-0.1, -0.05) is 26.7 Å². The molecule has 0 aromatic heterocycles. The van der Waals surface area contributed by atoms with Crippen LogP contribution in [0.5, 0.6) is 0 Å². The monoisotopic (exact) mass is 278 g/mol. The van der Waals surface area contributed by atoms with Crippen molar-refractivity contribution in [2.75, 3.05) is 19.6 Å². The second-order valence-electron chi connectivity index (χ2n) is 7.99. The number of nitrogens with one attached hydrogen (secondary N) is 1. The van der Waals surface area contributed by atoms with E-state index in [2.05, 4.69) is 24.1 Å². The van der Waals surface area contributed by atoms with Crippen LogP contribution in [0.4, 0.5) is 0 Å². The van der Waals surface area contributed by atoms with Crippen LogP contribution in [0.3, 0.4) is 0 Å². The molecule has 1 saturated carbocycles. The summed E-state index contributed by atoms with van der Waals surface area (Å²) in [6.07, 6.45) is 11.6. The summed E-state index contributed by atoms with van der Waals surface area (Å²) >= 11 is 0. The Balaban J connectivity index is 1.46. The lowest BCUT2D eigenvalue weighted by atomic mass is 9.85. The molecule has 3 rings (SSSR count). The van der Waals surface area contributed by atoms with Gasteiger partial charge in [0.2, 0.25) is 0 Å². The van der Waals surface area contributed by atoms with Gasteiger partial charge in [0.15, 0.2) is 0 Å². The number of rotatable bonds is 3.